The van der Waals surface area contributed by atoms with Crippen LogP contribution < -0.4 is 4.74 Å². The number of aliphatic hydroxyl groups excluding tert-OH is 1. The highest BCUT2D eigenvalue weighted by Crippen LogP contribution is 2.30. The van der Waals surface area contributed by atoms with Crippen molar-refractivity contribution in [1.29, 1.82) is 0 Å². The van der Waals surface area contributed by atoms with E-state index in [1.807, 2.05) is 24.3 Å². The molecule has 0 amide bonds. The molecular formula is C14H21BrO2. The van der Waals surface area contributed by atoms with Gasteiger partial charge < -0.3 is 9.84 Å². The van der Waals surface area contributed by atoms with Gasteiger partial charge in [-0.05, 0) is 48.9 Å². The highest BCUT2D eigenvalue weighted by molar-refractivity contribution is 9.10. The van der Waals surface area contributed by atoms with E-state index in [2.05, 4.69) is 29.8 Å². The Morgan fingerprint density at radius 3 is 2.24 bits per heavy atom. The fourth-order valence-electron chi connectivity index (χ4n) is 1.82. The van der Waals surface area contributed by atoms with Crippen LogP contribution in [0.1, 0.15) is 33.1 Å². The zero-order valence-electron chi connectivity index (χ0n) is 10.6. The van der Waals surface area contributed by atoms with Crippen molar-refractivity contribution in [2.24, 2.45) is 5.41 Å². The van der Waals surface area contributed by atoms with Gasteiger partial charge in [-0.15, -0.1) is 0 Å². The average molecular weight is 301 g/mol. The number of rotatable bonds is 7. The summed E-state index contributed by atoms with van der Waals surface area (Å²) in [5.41, 5.74) is 0.0232. The van der Waals surface area contributed by atoms with Crippen molar-refractivity contribution in [3.8, 4) is 5.75 Å². The molecule has 1 aromatic rings. The molecule has 3 heteroatoms. The molecule has 0 radical (unpaired) electrons. The number of halogens is 1. The zero-order chi connectivity index (χ0) is 12.7. The lowest BCUT2D eigenvalue weighted by atomic mass is 9.80. The Balaban J connectivity index is 2.43. The standard InChI is InChI=1S/C14H21BrO2/c1-3-14(4-2,11-16)9-10-17-13-7-5-12(15)6-8-13/h5-8,16H,3-4,9-11H2,1-2H3. The van der Waals surface area contributed by atoms with Gasteiger partial charge in [0.2, 0.25) is 0 Å². The van der Waals surface area contributed by atoms with Crippen molar-refractivity contribution >= 4 is 15.9 Å². The topological polar surface area (TPSA) is 29.5 Å². The Hall–Kier alpha value is -0.540. The molecule has 0 fully saturated rings. The minimum atomic E-state index is 0.0232. The molecule has 0 bridgehead atoms. The summed E-state index contributed by atoms with van der Waals surface area (Å²) < 4.78 is 6.74. The first-order valence-corrected chi connectivity index (χ1v) is 6.94. The van der Waals surface area contributed by atoms with Crippen LogP contribution in [0.25, 0.3) is 0 Å². The quantitative estimate of drug-likeness (QED) is 0.824. The van der Waals surface area contributed by atoms with Crippen LogP contribution in [0.15, 0.2) is 28.7 Å². The average Bonchev–Trinajstić information content (AvgIpc) is 2.38. The smallest absolute Gasteiger partial charge is 0.119 e. The van der Waals surface area contributed by atoms with Gasteiger partial charge in [0.15, 0.2) is 0 Å². The first-order chi connectivity index (χ1) is 8.15. The van der Waals surface area contributed by atoms with Gasteiger partial charge in [0.1, 0.15) is 5.75 Å². The molecule has 0 aliphatic heterocycles. The lowest BCUT2D eigenvalue weighted by Crippen LogP contribution is -2.26. The molecule has 0 aromatic heterocycles. The SMILES string of the molecule is CCC(CC)(CO)CCOc1ccc(Br)cc1. The molecule has 0 saturated heterocycles. The number of ether oxygens (including phenoxy) is 1. The lowest BCUT2D eigenvalue weighted by molar-refractivity contribution is 0.0871. The van der Waals surface area contributed by atoms with E-state index >= 15 is 0 Å². The van der Waals surface area contributed by atoms with E-state index in [1.165, 1.54) is 0 Å². The second-order valence-electron chi connectivity index (χ2n) is 4.42. The molecular weight excluding hydrogens is 280 g/mol. The fourth-order valence-corrected chi connectivity index (χ4v) is 2.09. The van der Waals surface area contributed by atoms with Gasteiger partial charge in [-0.1, -0.05) is 29.8 Å². The van der Waals surface area contributed by atoms with Crippen LogP contribution >= 0.6 is 15.9 Å². The predicted molar refractivity (Wildman–Crippen MR) is 74.4 cm³/mol. The third-order valence-corrected chi connectivity index (χ3v) is 4.08. The molecule has 0 spiro atoms. The van der Waals surface area contributed by atoms with Crippen LogP contribution in [0.5, 0.6) is 5.75 Å². The van der Waals surface area contributed by atoms with Crippen LogP contribution in [0.4, 0.5) is 0 Å². The minimum Gasteiger partial charge on any atom is -0.494 e. The summed E-state index contributed by atoms with van der Waals surface area (Å²) in [4.78, 5) is 0. The lowest BCUT2D eigenvalue weighted by Gasteiger charge is -2.29. The van der Waals surface area contributed by atoms with Gasteiger partial charge >= 0.3 is 0 Å². The van der Waals surface area contributed by atoms with Gasteiger partial charge in [0.25, 0.3) is 0 Å². The van der Waals surface area contributed by atoms with Crippen LogP contribution in [-0.2, 0) is 0 Å². The summed E-state index contributed by atoms with van der Waals surface area (Å²) in [6.07, 6.45) is 2.87. The Bertz CT molecular complexity index is 309. The molecule has 0 unspecified atom stereocenters. The van der Waals surface area contributed by atoms with E-state index in [0.29, 0.717) is 6.61 Å². The molecule has 17 heavy (non-hydrogen) atoms. The van der Waals surface area contributed by atoms with E-state index in [9.17, 15) is 5.11 Å². The maximum absolute atomic E-state index is 9.45. The van der Waals surface area contributed by atoms with E-state index in [1.54, 1.807) is 0 Å². The Labute approximate surface area is 112 Å². The molecule has 96 valence electrons. The Morgan fingerprint density at radius 1 is 1.18 bits per heavy atom. The second-order valence-corrected chi connectivity index (χ2v) is 5.33. The second kappa shape index (κ2) is 7.02. The van der Waals surface area contributed by atoms with Crippen molar-refractivity contribution < 1.29 is 9.84 Å². The largest absolute Gasteiger partial charge is 0.494 e. The highest BCUT2D eigenvalue weighted by Gasteiger charge is 2.24. The summed E-state index contributed by atoms with van der Waals surface area (Å²) in [5.74, 6) is 0.882. The monoisotopic (exact) mass is 300 g/mol. The molecule has 0 aliphatic carbocycles. The van der Waals surface area contributed by atoms with Crippen LogP contribution in [0.3, 0.4) is 0 Å². The third kappa shape index (κ3) is 4.32. The predicted octanol–water partition coefficient (Wildman–Crippen LogP) is 4.02. The summed E-state index contributed by atoms with van der Waals surface area (Å²) in [7, 11) is 0. The molecule has 0 saturated carbocycles. The van der Waals surface area contributed by atoms with E-state index in [4.69, 9.17) is 4.74 Å². The van der Waals surface area contributed by atoms with Gasteiger partial charge in [-0.3, -0.25) is 0 Å². The molecule has 0 atom stereocenters. The van der Waals surface area contributed by atoms with E-state index in [0.717, 1.165) is 29.5 Å². The van der Waals surface area contributed by atoms with Crippen LogP contribution in [-0.4, -0.2) is 18.3 Å². The number of hydrogen-bond acceptors (Lipinski definition) is 2. The van der Waals surface area contributed by atoms with Crippen LogP contribution in [0.2, 0.25) is 0 Å². The Morgan fingerprint density at radius 2 is 1.76 bits per heavy atom. The van der Waals surface area contributed by atoms with E-state index in [-0.39, 0.29) is 12.0 Å². The summed E-state index contributed by atoms with van der Waals surface area (Å²) in [5, 5.41) is 9.45. The van der Waals surface area contributed by atoms with Crippen molar-refractivity contribution in [2.75, 3.05) is 13.2 Å². The van der Waals surface area contributed by atoms with Gasteiger partial charge in [-0.25, -0.2) is 0 Å². The van der Waals surface area contributed by atoms with Crippen molar-refractivity contribution in [3.63, 3.8) is 0 Å². The molecule has 1 rings (SSSR count). The third-order valence-electron chi connectivity index (χ3n) is 3.55. The first kappa shape index (κ1) is 14.5. The normalized spacial score (nSPS) is 11.5. The summed E-state index contributed by atoms with van der Waals surface area (Å²) in [6, 6.07) is 7.83. The van der Waals surface area contributed by atoms with Gasteiger partial charge in [-0.2, -0.15) is 0 Å². The number of benzene rings is 1. The van der Waals surface area contributed by atoms with Crippen molar-refractivity contribution in [3.05, 3.63) is 28.7 Å². The van der Waals surface area contributed by atoms with Crippen molar-refractivity contribution in [2.45, 2.75) is 33.1 Å². The Kier molecular flexibility index (Phi) is 6.00. The summed E-state index contributed by atoms with van der Waals surface area (Å²) in [6.45, 7) is 5.15. The fraction of sp³-hybridized carbons (Fsp3) is 0.571. The van der Waals surface area contributed by atoms with E-state index < -0.39 is 0 Å². The minimum absolute atomic E-state index is 0.0232. The van der Waals surface area contributed by atoms with Crippen LogP contribution in [0, 0.1) is 5.41 Å². The first-order valence-electron chi connectivity index (χ1n) is 6.15. The maximum atomic E-state index is 9.45. The molecule has 2 nitrogen and oxygen atoms in total. The number of hydrogen-bond donors (Lipinski definition) is 1. The molecule has 0 aliphatic rings. The highest BCUT2D eigenvalue weighted by atomic mass is 79.9. The zero-order valence-corrected chi connectivity index (χ0v) is 12.2. The molecule has 0 heterocycles. The maximum Gasteiger partial charge on any atom is 0.119 e. The molecule has 1 N–H and O–H groups in total. The number of aliphatic hydroxyl groups is 1. The molecule has 1 aromatic carbocycles. The van der Waals surface area contributed by atoms with Gasteiger partial charge in [0.05, 0.1) is 6.61 Å². The van der Waals surface area contributed by atoms with Crippen molar-refractivity contribution in [1.82, 2.24) is 0 Å². The summed E-state index contributed by atoms with van der Waals surface area (Å²) >= 11 is 3.39. The van der Waals surface area contributed by atoms with Gasteiger partial charge in [0, 0.05) is 11.1 Å².